The molecule has 1 fully saturated rings. The lowest BCUT2D eigenvalue weighted by Crippen LogP contribution is -2.41. The van der Waals surface area contributed by atoms with Crippen molar-refractivity contribution in [2.45, 2.75) is 32.2 Å². The monoisotopic (exact) mass is 387 g/mol. The number of benzene rings is 1. The van der Waals surface area contributed by atoms with Crippen molar-refractivity contribution in [3.63, 3.8) is 0 Å². The first-order valence-electron chi connectivity index (χ1n) is 7.77. The zero-order valence-electron chi connectivity index (χ0n) is 13.6. The number of aromatic nitrogens is 1. The summed E-state index contributed by atoms with van der Waals surface area (Å²) in [6.07, 6.45) is 2.82. The van der Waals surface area contributed by atoms with E-state index in [2.05, 4.69) is 29.7 Å². The topological polar surface area (TPSA) is 54.0 Å². The van der Waals surface area contributed by atoms with Crippen molar-refractivity contribution < 1.29 is 4.79 Å². The van der Waals surface area contributed by atoms with Gasteiger partial charge in [0.1, 0.15) is 0 Å². The Kier molecular flexibility index (Phi) is 8.70. The minimum atomic E-state index is -0.00193. The number of nitrogens with zero attached hydrogens (tertiary/aromatic N) is 1. The molecule has 1 aromatic carbocycles. The zero-order valence-corrected chi connectivity index (χ0v) is 16.0. The molecule has 7 heteroatoms. The number of nitrogens with one attached hydrogen (secondary N) is 2. The highest BCUT2D eigenvalue weighted by atomic mass is 35.5. The Balaban J connectivity index is 0.00000144. The molecule has 1 saturated heterocycles. The lowest BCUT2D eigenvalue weighted by atomic mass is 10.1. The Labute approximate surface area is 159 Å². The number of carbonyl (C=O) groups is 1. The van der Waals surface area contributed by atoms with Crippen molar-refractivity contribution in [2.75, 3.05) is 13.1 Å². The number of amides is 1. The molecule has 24 heavy (non-hydrogen) atoms. The molecule has 1 unspecified atom stereocenters. The third-order valence-electron chi connectivity index (χ3n) is 3.90. The van der Waals surface area contributed by atoms with Crippen LogP contribution < -0.4 is 10.6 Å². The summed E-state index contributed by atoms with van der Waals surface area (Å²) in [5.41, 5.74) is 2.21. The van der Waals surface area contributed by atoms with E-state index >= 15 is 0 Å². The lowest BCUT2D eigenvalue weighted by molar-refractivity contribution is -0.122. The molecule has 0 aliphatic carbocycles. The van der Waals surface area contributed by atoms with Crippen LogP contribution in [-0.2, 0) is 11.2 Å². The Morgan fingerprint density at radius 1 is 1.33 bits per heavy atom. The molecular weight excluding hydrogens is 365 g/mol. The van der Waals surface area contributed by atoms with Gasteiger partial charge < -0.3 is 10.6 Å². The predicted octanol–water partition coefficient (Wildman–Crippen LogP) is 3.37. The minimum absolute atomic E-state index is 0. The van der Waals surface area contributed by atoms with E-state index < -0.39 is 0 Å². The number of rotatable bonds is 5. The maximum Gasteiger partial charge on any atom is 0.237 e. The van der Waals surface area contributed by atoms with Gasteiger partial charge in [0.05, 0.1) is 16.7 Å². The highest BCUT2D eigenvalue weighted by Gasteiger charge is 2.21. The van der Waals surface area contributed by atoms with Gasteiger partial charge >= 0.3 is 0 Å². The molecule has 2 N–H and O–H groups in total. The Morgan fingerprint density at radius 2 is 2.08 bits per heavy atom. The van der Waals surface area contributed by atoms with Crippen LogP contribution in [-0.4, -0.2) is 30.0 Å². The second-order valence-electron chi connectivity index (χ2n) is 5.57. The van der Waals surface area contributed by atoms with E-state index in [4.69, 9.17) is 4.98 Å². The predicted molar refractivity (Wildman–Crippen MR) is 105 cm³/mol. The SMILES string of the molecule is Cc1sc(CCNC(=O)C2CCCN2)nc1-c1ccccc1.Cl.Cl. The summed E-state index contributed by atoms with van der Waals surface area (Å²) in [5.74, 6) is 0.120. The van der Waals surface area contributed by atoms with E-state index in [9.17, 15) is 4.79 Å². The van der Waals surface area contributed by atoms with E-state index in [1.54, 1.807) is 11.3 Å². The van der Waals surface area contributed by atoms with E-state index in [0.717, 1.165) is 42.1 Å². The van der Waals surface area contributed by atoms with Crippen molar-refractivity contribution in [2.24, 2.45) is 0 Å². The van der Waals surface area contributed by atoms with Gasteiger partial charge in [-0.2, -0.15) is 0 Å². The number of aryl methyl sites for hydroxylation is 1. The van der Waals surface area contributed by atoms with Gasteiger partial charge in [-0.25, -0.2) is 4.98 Å². The highest BCUT2D eigenvalue weighted by molar-refractivity contribution is 7.12. The van der Waals surface area contributed by atoms with Gasteiger partial charge in [-0.05, 0) is 26.3 Å². The van der Waals surface area contributed by atoms with Gasteiger partial charge in [-0.15, -0.1) is 36.2 Å². The number of thiazole rings is 1. The first-order valence-corrected chi connectivity index (χ1v) is 8.58. The van der Waals surface area contributed by atoms with Crippen molar-refractivity contribution in [1.82, 2.24) is 15.6 Å². The molecule has 132 valence electrons. The van der Waals surface area contributed by atoms with Gasteiger partial charge in [-0.1, -0.05) is 30.3 Å². The van der Waals surface area contributed by atoms with Crippen molar-refractivity contribution >= 4 is 42.1 Å². The molecule has 0 spiro atoms. The Bertz CT molecular complexity index is 643. The maximum atomic E-state index is 11.9. The van der Waals surface area contributed by atoms with Gasteiger partial charge in [0.2, 0.25) is 5.91 Å². The van der Waals surface area contributed by atoms with Crippen LogP contribution in [0.15, 0.2) is 30.3 Å². The molecular formula is C17H23Cl2N3OS. The van der Waals surface area contributed by atoms with Gasteiger partial charge in [0, 0.05) is 23.4 Å². The van der Waals surface area contributed by atoms with Crippen LogP contribution in [0.1, 0.15) is 22.7 Å². The fraction of sp³-hybridized carbons (Fsp3) is 0.412. The number of carbonyl (C=O) groups excluding carboxylic acids is 1. The third-order valence-corrected chi connectivity index (χ3v) is 4.93. The molecule has 3 rings (SSSR count). The number of hydrogen-bond acceptors (Lipinski definition) is 4. The molecule has 1 aliphatic rings. The molecule has 2 aromatic rings. The van der Waals surface area contributed by atoms with Crippen molar-refractivity contribution in [3.05, 3.63) is 40.2 Å². The second-order valence-corrected chi connectivity index (χ2v) is 6.86. The largest absolute Gasteiger partial charge is 0.354 e. The molecule has 1 aromatic heterocycles. The molecule has 2 heterocycles. The maximum absolute atomic E-state index is 11.9. The molecule has 0 bridgehead atoms. The van der Waals surface area contributed by atoms with Crippen LogP contribution in [0.5, 0.6) is 0 Å². The second kappa shape index (κ2) is 9.99. The average molecular weight is 388 g/mol. The average Bonchev–Trinajstić information content (AvgIpc) is 3.18. The van der Waals surface area contributed by atoms with E-state index in [0.29, 0.717) is 6.54 Å². The molecule has 4 nitrogen and oxygen atoms in total. The summed E-state index contributed by atoms with van der Waals surface area (Å²) < 4.78 is 0. The smallest absolute Gasteiger partial charge is 0.237 e. The summed E-state index contributed by atoms with van der Waals surface area (Å²) in [4.78, 5) is 17.9. The van der Waals surface area contributed by atoms with Gasteiger partial charge in [0.25, 0.3) is 0 Å². The zero-order chi connectivity index (χ0) is 15.4. The first-order chi connectivity index (χ1) is 10.7. The number of halogens is 2. The Hall–Kier alpha value is -1.14. The van der Waals surface area contributed by atoms with Gasteiger partial charge in [0.15, 0.2) is 0 Å². The standard InChI is InChI=1S/C17H21N3OS.2ClH/c1-12-16(13-6-3-2-4-7-13)20-15(22-12)9-11-19-17(21)14-8-5-10-18-14;;/h2-4,6-7,14,18H,5,8-11H2,1H3,(H,19,21);2*1H. The van der Waals surface area contributed by atoms with Crippen LogP contribution in [0, 0.1) is 6.92 Å². The van der Waals surface area contributed by atoms with Gasteiger partial charge in [-0.3, -0.25) is 4.79 Å². The van der Waals surface area contributed by atoms with Crippen LogP contribution >= 0.6 is 36.2 Å². The van der Waals surface area contributed by atoms with Crippen LogP contribution in [0.25, 0.3) is 11.3 Å². The summed E-state index contributed by atoms with van der Waals surface area (Å²) in [5, 5.41) is 7.30. The summed E-state index contributed by atoms with van der Waals surface area (Å²) >= 11 is 1.72. The van der Waals surface area contributed by atoms with E-state index in [1.165, 1.54) is 4.88 Å². The summed E-state index contributed by atoms with van der Waals surface area (Å²) in [7, 11) is 0. The molecule has 0 saturated carbocycles. The molecule has 0 radical (unpaired) electrons. The highest BCUT2D eigenvalue weighted by Crippen LogP contribution is 2.27. The number of hydrogen-bond donors (Lipinski definition) is 2. The van der Waals surface area contributed by atoms with Crippen LogP contribution in [0.4, 0.5) is 0 Å². The molecule has 1 amide bonds. The fourth-order valence-corrected chi connectivity index (χ4v) is 3.70. The molecule has 1 aliphatic heterocycles. The first kappa shape index (κ1) is 20.9. The van der Waals surface area contributed by atoms with Crippen molar-refractivity contribution in [3.8, 4) is 11.3 Å². The minimum Gasteiger partial charge on any atom is -0.354 e. The van der Waals surface area contributed by atoms with Crippen LogP contribution in [0.2, 0.25) is 0 Å². The Morgan fingerprint density at radius 3 is 2.75 bits per heavy atom. The quantitative estimate of drug-likeness (QED) is 0.826. The summed E-state index contributed by atoms with van der Waals surface area (Å²) in [6, 6.07) is 10.2. The van der Waals surface area contributed by atoms with E-state index in [1.807, 2.05) is 18.2 Å². The normalized spacial score (nSPS) is 16.1. The lowest BCUT2D eigenvalue weighted by Gasteiger charge is -2.10. The summed E-state index contributed by atoms with van der Waals surface area (Å²) in [6.45, 7) is 3.70. The third kappa shape index (κ3) is 5.18. The van der Waals surface area contributed by atoms with E-state index in [-0.39, 0.29) is 36.8 Å². The van der Waals surface area contributed by atoms with Crippen molar-refractivity contribution in [1.29, 1.82) is 0 Å². The van der Waals surface area contributed by atoms with Crippen LogP contribution in [0.3, 0.4) is 0 Å². The fourth-order valence-electron chi connectivity index (χ4n) is 2.75. The molecule has 1 atom stereocenters.